The molecule has 0 aliphatic heterocycles. The number of nitrogen functional groups attached to an aromatic ring is 1. The summed E-state index contributed by atoms with van der Waals surface area (Å²) in [6.45, 7) is 0. The molecule has 0 aliphatic rings. The summed E-state index contributed by atoms with van der Waals surface area (Å²) in [6, 6.07) is 15.1. The Bertz CT molecular complexity index is 891. The lowest BCUT2D eigenvalue weighted by molar-refractivity contribution is 1.10. The van der Waals surface area contributed by atoms with Crippen LogP contribution >= 0.6 is 0 Å². The molecule has 9 N–H and O–H groups in total. The van der Waals surface area contributed by atoms with Crippen molar-refractivity contribution in [3.05, 3.63) is 72.3 Å². The lowest BCUT2D eigenvalue weighted by Crippen LogP contribution is -2.12. The number of rotatable bonds is 5. The number of fused-ring (bicyclic) bond motifs is 1. The van der Waals surface area contributed by atoms with Crippen molar-refractivity contribution in [2.45, 2.75) is 0 Å². The van der Waals surface area contributed by atoms with E-state index in [4.69, 9.17) is 17.2 Å². The third kappa shape index (κ3) is 3.41. The molecule has 0 unspecified atom stereocenters. The van der Waals surface area contributed by atoms with Crippen LogP contribution in [0.25, 0.3) is 10.9 Å². The predicted octanol–water partition coefficient (Wildman–Crippen LogP) is 2.27. The number of hydrogen-bond donors (Lipinski definition) is 6. The van der Waals surface area contributed by atoms with Crippen LogP contribution in [0, 0.1) is 0 Å². The first kappa shape index (κ1) is 15.3. The van der Waals surface area contributed by atoms with Gasteiger partial charge >= 0.3 is 0 Å². The molecule has 0 atom stereocenters. The van der Waals surface area contributed by atoms with Crippen molar-refractivity contribution in [2.24, 2.45) is 11.5 Å². The van der Waals surface area contributed by atoms with Crippen LogP contribution < -0.4 is 27.8 Å². The van der Waals surface area contributed by atoms with Gasteiger partial charge in [-0.2, -0.15) is 5.10 Å². The highest BCUT2D eigenvalue weighted by molar-refractivity contribution is 5.90. The maximum Gasteiger partial charge on any atom is 0.161 e. The molecule has 0 amide bonds. The minimum absolute atomic E-state index is 0.409. The quantitative estimate of drug-likeness (QED) is 0.316. The van der Waals surface area contributed by atoms with E-state index in [1.807, 2.05) is 36.4 Å². The predicted molar refractivity (Wildman–Crippen MR) is 98.7 cm³/mol. The Balaban J connectivity index is 1.74. The summed E-state index contributed by atoms with van der Waals surface area (Å²) in [4.78, 5) is 0. The van der Waals surface area contributed by atoms with Crippen LogP contribution in [-0.4, -0.2) is 10.2 Å². The molecule has 3 aromatic rings. The lowest BCUT2D eigenvalue weighted by Gasteiger charge is -2.09. The van der Waals surface area contributed by atoms with Crippen molar-refractivity contribution in [3.8, 4) is 0 Å². The fraction of sp³-hybridized carbons (Fsp3) is 0. The molecule has 7 nitrogen and oxygen atoms in total. The van der Waals surface area contributed by atoms with Crippen LogP contribution in [-0.2, 0) is 0 Å². The number of nitrogens with zero attached hydrogens (tertiary/aromatic N) is 1. The van der Waals surface area contributed by atoms with Gasteiger partial charge in [0.15, 0.2) is 5.82 Å². The van der Waals surface area contributed by atoms with E-state index in [0.29, 0.717) is 23.0 Å². The van der Waals surface area contributed by atoms with E-state index >= 15 is 0 Å². The van der Waals surface area contributed by atoms with Gasteiger partial charge in [0.05, 0.1) is 11.2 Å². The maximum absolute atomic E-state index is 6.05. The molecule has 2 aromatic carbocycles. The first-order valence-corrected chi connectivity index (χ1v) is 7.37. The molecular weight excluding hydrogens is 302 g/mol. The second kappa shape index (κ2) is 6.66. The van der Waals surface area contributed by atoms with Gasteiger partial charge in [0, 0.05) is 29.0 Å². The number of benzene rings is 2. The van der Waals surface area contributed by atoms with Gasteiger partial charge < -0.3 is 27.8 Å². The molecule has 0 fully saturated rings. The number of nitrogens with two attached hydrogens (primary N) is 3. The monoisotopic (exact) mass is 321 g/mol. The molecule has 122 valence electrons. The molecule has 7 heteroatoms. The largest absolute Gasteiger partial charge is 0.403 e. The van der Waals surface area contributed by atoms with Crippen molar-refractivity contribution in [2.75, 3.05) is 16.4 Å². The van der Waals surface area contributed by atoms with Gasteiger partial charge in [-0.25, -0.2) is 0 Å². The fourth-order valence-corrected chi connectivity index (χ4v) is 2.26. The van der Waals surface area contributed by atoms with E-state index < -0.39 is 0 Å². The summed E-state index contributed by atoms with van der Waals surface area (Å²) in [6.07, 6.45) is 3.13. The minimum atomic E-state index is 0.409. The van der Waals surface area contributed by atoms with Crippen molar-refractivity contribution >= 4 is 28.1 Å². The lowest BCUT2D eigenvalue weighted by atomic mass is 10.2. The van der Waals surface area contributed by atoms with E-state index in [0.717, 1.165) is 16.6 Å². The van der Waals surface area contributed by atoms with Crippen LogP contribution in [0.5, 0.6) is 0 Å². The molecule has 0 aliphatic carbocycles. The van der Waals surface area contributed by atoms with E-state index in [-0.39, 0.29) is 0 Å². The number of H-pyrrole nitrogens is 1. The molecule has 0 saturated carbocycles. The van der Waals surface area contributed by atoms with Crippen LogP contribution in [0.3, 0.4) is 0 Å². The van der Waals surface area contributed by atoms with Crippen LogP contribution in [0.4, 0.5) is 17.2 Å². The van der Waals surface area contributed by atoms with Crippen LogP contribution in [0.2, 0.25) is 0 Å². The summed E-state index contributed by atoms with van der Waals surface area (Å²) in [5.74, 6) is 1.06. The Kier molecular flexibility index (Phi) is 4.24. The number of aromatic nitrogens is 2. The smallest absolute Gasteiger partial charge is 0.161 e. The van der Waals surface area contributed by atoms with E-state index in [2.05, 4.69) is 20.8 Å². The van der Waals surface area contributed by atoms with Gasteiger partial charge in [-0.3, -0.25) is 5.10 Å². The zero-order valence-electron chi connectivity index (χ0n) is 13.0. The summed E-state index contributed by atoms with van der Waals surface area (Å²) in [7, 11) is 0. The Morgan fingerprint density at radius 2 is 1.79 bits per heavy atom. The number of allylic oxidation sites excluding steroid dienone is 1. The molecule has 0 bridgehead atoms. The molecular formula is C17H19N7. The zero-order chi connectivity index (χ0) is 16.9. The molecule has 24 heavy (non-hydrogen) atoms. The standard InChI is InChI=1S/C17H19N7/c18-10-13(21-12-7-5-11(19)6-8-12)9-16(20)22-17-14-3-1-2-4-15(14)23-24-17/h1-10,21H,18-20H2,(H2,22,23,24)/b13-10+,16-9+. The third-order valence-corrected chi connectivity index (χ3v) is 3.42. The van der Waals surface area contributed by atoms with E-state index in [1.54, 1.807) is 18.2 Å². The molecule has 1 heterocycles. The van der Waals surface area contributed by atoms with Gasteiger partial charge in [0.25, 0.3) is 0 Å². The molecule has 0 radical (unpaired) electrons. The number of anilines is 3. The van der Waals surface area contributed by atoms with Crippen LogP contribution in [0.15, 0.2) is 72.3 Å². The van der Waals surface area contributed by atoms with Crippen molar-refractivity contribution < 1.29 is 0 Å². The van der Waals surface area contributed by atoms with E-state index in [9.17, 15) is 0 Å². The number of aromatic amines is 1. The highest BCUT2D eigenvalue weighted by Gasteiger charge is 2.05. The van der Waals surface area contributed by atoms with E-state index in [1.165, 1.54) is 6.20 Å². The third-order valence-electron chi connectivity index (χ3n) is 3.42. The SMILES string of the molecule is N/C=C(\C=C(/N)Nc1n[nH]c2ccccc12)Nc1ccc(N)cc1. The number of hydrogen-bond acceptors (Lipinski definition) is 6. The van der Waals surface area contributed by atoms with Crippen molar-refractivity contribution in [1.29, 1.82) is 0 Å². The van der Waals surface area contributed by atoms with Gasteiger partial charge in [-0.05, 0) is 36.4 Å². The minimum Gasteiger partial charge on any atom is -0.403 e. The van der Waals surface area contributed by atoms with Gasteiger partial charge in [-0.15, -0.1) is 0 Å². The number of para-hydroxylation sites is 1. The van der Waals surface area contributed by atoms with Crippen molar-refractivity contribution in [1.82, 2.24) is 10.2 Å². The molecule has 0 saturated heterocycles. The van der Waals surface area contributed by atoms with Gasteiger partial charge in [0.2, 0.25) is 0 Å². The average molecular weight is 321 g/mol. The Morgan fingerprint density at radius 3 is 2.54 bits per heavy atom. The summed E-state index contributed by atoms with van der Waals surface area (Å²) in [5.41, 5.74) is 20.5. The Hall–Kier alpha value is -3.61. The highest BCUT2D eigenvalue weighted by Crippen LogP contribution is 2.20. The average Bonchev–Trinajstić information content (AvgIpc) is 2.99. The van der Waals surface area contributed by atoms with Gasteiger partial charge in [0.1, 0.15) is 5.82 Å². The maximum atomic E-state index is 6.05. The van der Waals surface area contributed by atoms with Crippen LogP contribution in [0.1, 0.15) is 0 Å². The molecule has 1 aromatic heterocycles. The second-order valence-electron chi connectivity index (χ2n) is 5.21. The Morgan fingerprint density at radius 1 is 1.04 bits per heavy atom. The topological polar surface area (TPSA) is 131 Å². The fourth-order valence-electron chi connectivity index (χ4n) is 2.26. The molecule has 0 spiro atoms. The van der Waals surface area contributed by atoms with Gasteiger partial charge in [-0.1, -0.05) is 12.1 Å². The summed E-state index contributed by atoms with van der Waals surface area (Å²) in [5, 5.41) is 14.3. The highest BCUT2D eigenvalue weighted by atomic mass is 15.2. The second-order valence-corrected chi connectivity index (χ2v) is 5.21. The van der Waals surface area contributed by atoms with Crippen molar-refractivity contribution in [3.63, 3.8) is 0 Å². The first-order chi connectivity index (χ1) is 11.7. The summed E-state index contributed by atoms with van der Waals surface area (Å²) < 4.78 is 0. The first-order valence-electron chi connectivity index (χ1n) is 7.37. The normalized spacial score (nSPS) is 12.3. The Labute approximate surface area is 139 Å². The summed E-state index contributed by atoms with van der Waals surface area (Å²) >= 11 is 0. The zero-order valence-corrected chi connectivity index (χ0v) is 13.0. The molecule has 3 rings (SSSR count). The number of nitrogens with one attached hydrogen (secondary N) is 3.